The molecule has 0 saturated heterocycles. The van der Waals surface area contributed by atoms with E-state index in [4.69, 9.17) is 10.5 Å². The van der Waals surface area contributed by atoms with Crippen LogP contribution in [0.4, 0.5) is 5.69 Å². The standard InChI is InChI=1S/C13H18N2O2/c1-9-4-5-11-12(8-9)17-10(2)13(16)15(11)7-3-6-14/h4-5,8,10H,3,6-7,14H2,1-2H3. The van der Waals surface area contributed by atoms with E-state index in [0.717, 1.165) is 23.4 Å². The van der Waals surface area contributed by atoms with Crippen LogP contribution in [0.25, 0.3) is 0 Å². The first-order chi connectivity index (χ1) is 8.13. The highest BCUT2D eigenvalue weighted by molar-refractivity contribution is 5.99. The van der Waals surface area contributed by atoms with Crippen molar-refractivity contribution in [2.24, 2.45) is 5.73 Å². The Hall–Kier alpha value is -1.55. The van der Waals surface area contributed by atoms with Crippen molar-refractivity contribution >= 4 is 11.6 Å². The number of fused-ring (bicyclic) bond motifs is 1. The zero-order valence-electron chi connectivity index (χ0n) is 10.3. The van der Waals surface area contributed by atoms with Gasteiger partial charge in [-0.2, -0.15) is 0 Å². The van der Waals surface area contributed by atoms with Gasteiger partial charge >= 0.3 is 0 Å². The number of aryl methyl sites for hydroxylation is 1. The fourth-order valence-corrected chi connectivity index (χ4v) is 2.00. The van der Waals surface area contributed by atoms with Gasteiger partial charge in [0.05, 0.1) is 5.69 Å². The summed E-state index contributed by atoms with van der Waals surface area (Å²) in [5.74, 6) is 0.795. The minimum Gasteiger partial charge on any atom is -0.479 e. The first-order valence-electron chi connectivity index (χ1n) is 5.92. The molecule has 2 N–H and O–H groups in total. The van der Waals surface area contributed by atoms with Crippen molar-refractivity contribution in [3.05, 3.63) is 23.8 Å². The molecule has 0 bridgehead atoms. The molecule has 0 saturated carbocycles. The van der Waals surface area contributed by atoms with Gasteiger partial charge in [-0.1, -0.05) is 6.07 Å². The Labute approximate surface area is 101 Å². The first kappa shape index (κ1) is 11.9. The van der Waals surface area contributed by atoms with E-state index in [2.05, 4.69) is 0 Å². The largest absolute Gasteiger partial charge is 0.479 e. The van der Waals surface area contributed by atoms with Gasteiger partial charge in [-0.15, -0.1) is 0 Å². The summed E-state index contributed by atoms with van der Waals surface area (Å²) in [5, 5.41) is 0. The van der Waals surface area contributed by atoms with Crippen molar-refractivity contribution < 1.29 is 9.53 Å². The Morgan fingerprint density at radius 2 is 2.24 bits per heavy atom. The second kappa shape index (κ2) is 4.75. The van der Waals surface area contributed by atoms with Crippen LogP contribution in [-0.4, -0.2) is 25.1 Å². The van der Waals surface area contributed by atoms with Crippen molar-refractivity contribution in [2.45, 2.75) is 26.4 Å². The third-order valence-electron chi connectivity index (χ3n) is 2.91. The van der Waals surface area contributed by atoms with Crippen LogP contribution in [-0.2, 0) is 4.79 Å². The van der Waals surface area contributed by atoms with E-state index >= 15 is 0 Å². The van der Waals surface area contributed by atoms with E-state index in [1.807, 2.05) is 25.1 Å². The fourth-order valence-electron chi connectivity index (χ4n) is 2.00. The van der Waals surface area contributed by atoms with Crippen LogP contribution >= 0.6 is 0 Å². The number of rotatable bonds is 3. The number of anilines is 1. The summed E-state index contributed by atoms with van der Waals surface area (Å²) in [6.45, 7) is 5.03. The van der Waals surface area contributed by atoms with Crippen LogP contribution in [0.2, 0.25) is 0 Å². The molecule has 1 unspecified atom stereocenters. The number of amides is 1. The zero-order chi connectivity index (χ0) is 12.4. The average Bonchev–Trinajstić information content (AvgIpc) is 2.30. The Kier molecular flexibility index (Phi) is 3.33. The number of carbonyl (C=O) groups excluding carboxylic acids is 1. The van der Waals surface area contributed by atoms with Crippen LogP contribution in [0.15, 0.2) is 18.2 Å². The van der Waals surface area contributed by atoms with Gasteiger partial charge in [-0.25, -0.2) is 0 Å². The third kappa shape index (κ3) is 2.26. The highest BCUT2D eigenvalue weighted by Crippen LogP contribution is 2.34. The minimum atomic E-state index is -0.415. The summed E-state index contributed by atoms with van der Waals surface area (Å²) in [6, 6.07) is 5.89. The molecule has 2 rings (SSSR count). The number of nitrogens with zero attached hydrogens (tertiary/aromatic N) is 1. The van der Waals surface area contributed by atoms with E-state index < -0.39 is 6.10 Å². The summed E-state index contributed by atoms with van der Waals surface area (Å²) >= 11 is 0. The lowest BCUT2D eigenvalue weighted by molar-refractivity contribution is -0.125. The minimum absolute atomic E-state index is 0.00908. The highest BCUT2D eigenvalue weighted by atomic mass is 16.5. The molecular weight excluding hydrogens is 216 g/mol. The van der Waals surface area contributed by atoms with Gasteiger partial charge in [0, 0.05) is 6.54 Å². The number of hydrogen-bond acceptors (Lipinski definition) is 3. The average molecular weight is 234 g/mol. The number of benzene rings is 1. The summed E-state index contributed by atoms with van der Waals surface area (Å²) in [4.78, 5) is 13.8. The van der Waals surface area contributed by atoms with E-state index in [0.29, 0.717) is 13.1 Å². The number of carbonyl (C=O) groups is 1. The van der Waals surface area contributed by atoms with Gasteiger partial charge in [0.2, 0.25) is 0 Å². The molecule has 17 heavy (non-hydrogen) atoms. The van der Waals surface area contributed by atoms with Crippen LogP contribution in [0.5, 0.6) is 5.75 Å². The van der Waals surface area contributed by atoms with Gasteiger partial charge in [0.25, 0.3) is 5.91 Å². The SMILES string of the molecule is Cc1ccc2c(c1)OC(C)C(=O)N2CCCN. The fraction of sp³-hybridized carbons (Fsp3) is 0.462. The van der Waals surface area contributed by atoms with Crippen molar-refractivity contribution in [3.63, 3.8) is 0 Å². The molecule has 0 spiro atoms. The normalized spacial score (nSPS) is 18.9. The van der Waals surface area contributed by atoms with Crippen molar-refractivity contribution in [1.29, 1.82) is 0 Å². The molecule has 1 aliphatic rings. The number of ether oxygens (including phenoxy) is 1. The lowest BCUT2D eigenvalue weighted by atomic mass is 10.1. The zero-order valence-corrected chi connectivity index (χ0v) is 10.3. The predicted octanol–water partition coefficient (Wildman–Crippen LogP) is 1.46. The molecule has 92 valence electrons. The molecule has 4 nitrogen and oxygen atoms in total. The number of nitrogens with two attached hydrogens (primary N) is 1. The van der Waals surface area contributed by atoms with Crippen molar-refractivity contribution in [1.82, 2.24) is 0 Å². The quantitative estimate of drug-likeness (QED) is 0.861. The lowest BCUT2D eigenvalue weighted by Crippen LogP contribution is -2.45. The van der Waals surface area contributed by atoms with Gasteiger partial charge in [-0.3, -0.25) is 4.79 Å². The van der Waals surface area contributed by atoms with E-state index in [-0.39, 0.29) is 5.91 Å². The molecule has 0 aliphatic carbocycles. The van der Waals surface area contributed by atoms with Gasteiger partial charge in [0.15, 0.2) is 6.10 Å². The predicted molar refractivity (Wildman–Crippen MR) is 67.3 cm³/mol. The molecule has 1 atom stereocenters. The van der Waals surface area contributed by atoms with Crippen molar-refractivity contribution in [2.75, 3.05) is 18.0 Å². The Balaban J connectivity index is 2.34. The third-order valence-corrected chi connectivity index (χ3v) is 2.91. The summed E-state index contributed by atoms with van der Waals surface area (Å²) < 4.78 is 5.61. The van der Waals surface area contributed by atoms with Gasteiger partial charge < -0.3 is 15.4 Å². The second-order valence-corrected chi connectivity index (χ2v) is 4.36. The van der Waals surface area contributed by atoms with Crippen LogP contribution in [0.1, 0.15) is 18.9 Å². The highest BCUT2D eigenvalue weighted by Gasteiger charge is 2.30. The topological polar surface area (TPSA) is 55.6 Å². The molecule has 1 aliphatic heterocycles. The van der Waals surface area contributed by atoms with E-state index in [1.54, 1.807) is 11.8 Å². The Morgan fingerprint density at radius 3 is 2.94 bits per heavy atom. The Morgan fingerprint density at radius 1 is 1.47 bits per heavy atom. The summed E-state index contributed by atoms with van der Waals surface area (Å²) in [7, 11) is 0. The van der Waals surface area contributed by atoms with E-state index in [9.17, 15) is 4.79 Å². The monoisotopic (exact) mass is 234 g/mol. The molecule has 1 aromatic rings. The summed E-state index contributed by atoms with van der Waals surface area (Å²) in [5.41, 5.74) is 7.48. The number of hydrogen-bond donors (Lipinski definition) is 1. The maximum absolute atomic E-state index is 12.0. The molecule has 4 heteroatoms. The van der Waals surface area contributed by atoms with Crippen LogP contribution in [0.3, 0.4) is 0 Å². The molecule has 0 aromatic heterocycles. The van der Waals surface area contributed by atoms with Crippen molar-refractivity contribution in [3.8, 4) is 5.75 Å². The van der Waals surface area contributed by atoms with Gasteiger partial charge in [-0.05, 0) is 44.5 Å². The Bertz CT molecular complexity index is 431. The first-order valence-corrected chi connectivity index (χ1v) is 5.92. The maximum atomic E-state index is 12.0. The maximum Gasteiger partial charge on any atom is 0.267 e. The van der Waals surface area contributed by atoms with E-state index in [1.165, 1.54) is 0 Å². The lowest BCUT2D eigenvalue weighted by Gasteiger charge is -2.33. The second-order valence-electron chi connectivity index (χ2n) is 4.36. The van der Waals surface area contributed by atoms with Crippen LogP contribution in [0, 0.1) is 6.92 Å². The van der Waals surface area contributed by atoms with Crippen LogP contribution < -0.4 is 15.4 Å². The molecular formula is C13H18N2O2. The molecule has 0 radical (unpaired) electrons. The molecule has 1 aromatic carbocycles. The van der Waals surface area contributed by atoms with Gasteiger partial charge in [0.1, 0.15) is 5.75 Å². The molecule has 1 amide bonds. The smallest absolute Gasteiger partial charge is 0.267 e. The molecule has 0 fully saturated rings. The summed E-state index contributed by atoms with van der Waals surface area (Å²) in [6.07, 6.45) is 0.383. The molecule has 1 heterocycles.